The molecule has 2 N–H and O–H groups in total. The lowest BCUT2D eigenvalue weighted by Gasteiger charge is -2.12. The van der Waals surface area contributed by atoms with Crippen LogP contribution in [0.1, 0.15) is 16.8 Å². The molecule has 0 radical (unpaired) electrons. The first-order valence-electron chi connectivity index (χ1n) is 6.87. The number of hydrogen-bond donors (Lipinski definition) is 2. The molecule has 0 aliphatic carbocycles. The predicted octanol–water partition coefficient (Wildman–Crippen LogP) is 1.71. The Morgan fingerprint density at radius 3 is 2.59 bits per heavy atom. The highest BCUT2D eigenvalue weighted by molar-refractivity contribution is 5.99. The molecular weight excluding hydrogens is 278 g/mol. The van der Waals surface area contributed by atoms with Crippen molar-refractivity contribution in [2.45, 2.75) is 6.42 Å². The van der Waals surface area contributed by atoms with Crippen LogP contribution in [0.5, 0.6) is 0 Å². The van der Waals surface area contributed by atoms with Crippen molar-refractivity contribution in [3.63, 3.8) is 0 Å². The highest BCUT2D eigenvalue weighted by Crippen LogP contribution is 2.15. The third-order valence-electron chi connectivity index (χ3n) is 2.85. The lowest BCUT2D eigenvalue weighted by Crippen LogP contribution is -2.27. The summed E-state index contributed by atoms with van der Waals surface area (Å²) in [5, 5.41) is 23.1. The second-order valence-electron chi connectivity index (χ2n) is 4.88. The van der Waals surface area contributed by atoms with Crippen molar-refractivity contribution in [3.8, 4) is 12.1 Å². The smallest absolute Gasteiger partial charge is 0.253 e. The van der Waals surface area contributed by atoms with E-state index in [4.69, 9.17) is 10.5 Å². The van der Waals surface area contributed by atoms with Crippen LogP contribution in [0.3, 0.4) is 0 Å². The molecular formula is C16H19N5O. The zero-order chi connectivity index (χ0) is 16.4. The number of carbonyl (C=O) groups is 1. The van der Waals surface area contributed by atoms with Crippen LogP contribution >= 0.6 is 0 Å². The van der Waals surface area contributed by atoms with E-state index in [-0.39, 0.29) is 11.5 Å². The van der Waals surface area contributed by atoms with Gasteiger partial charge in [-0.15, -0.1) is 0 Å². The number of nitrogens with one attached hydrogen (secondary N) is 2. The van der Waals surface area contributed by atoms with Crippen molar-refractivity contribution in [1.82, 2.24) is 10.2 Å². The van der Waals surface area contributed by atoms with Crippen molar-refractivity contribution >= 4 is 11.6 Å². The van der Waals surface area contributed by atoms with Gasteiger partial charge in [-0.05, 0) is 39.2 Å². The minimum Gasteiger partial charge on any atom is -0.359 e. The SMILES string of the molecule is CN(C)CCCNC(=O)c1ccccc1NC=C(C#N)C#N. The molecule has 0 fully saturated rings. The van der Waals surface area contributed by atoms with Crippen molar-refractivity contribution in [3.05, 3.63) is 41.6 Å². The Hall–Kier alpha value is -2.83. The van der Waals surface area contributed by atoms with Crippen LogP contribution in [-0.2, 0) is 0 Å². The summed E-state index contributed by atoms with van der Waals surface area (Å²) in [5.41, 5.74) is 0.968. The number of benzene rings is 1. The molecule has 0 aliphatic heterocycles. The quantitative estimate of drug-likeness (QED) is 0.590. The summed E-state index contributed by atoms with van der Waals surface area (Å²) in [6.45, 7) is 1.49. The summed E-state index contributed by atoms with van der Waals surface area (Å²) in [6.07, 6.45) is 2.15. The van der Waals surface area contributed by atoms with E-state index < -0.39 is 0 Å². The second-order valence-corrected chi connectivity index (χ2v) is 4.88. The number of hydrogen-bond acceptors (Lipinski definition) is 5. The first-order chi connectivity index (χ1) is 10.6. The Balaban J connectivity index is 2.71. The molecule has 0 unspecified atom stereocenters. The molecule has 6 heteroatoms. The van der Waals surface area contributed by atoms with Gasteiger partial charge in [0.15, 0.2) is 0 Å². The van der Waals surface area contributed by atoms with Gasteiger partial charge in [0.2, 0.25) is 0 Å². The van der Waals surface area contributed by atoms with Crippen LogP contribution < -0.4 is 10.6 Å². The summed E-state index contributed by atoms with van der Waals surface area (Å²) >= 11 is 0. The van der Waals surface area contributed by atoms with Gasteiger partial charge in [-0.3, -0.25) is 4.79 Å². The van der Waals surface area contributed by atoms with E-state index in [1.807, 2.05) is 14.1 Å². The Kier molecular flexibility index (Phi) is 7.18. The number of amides is 1. The number of anilines is 1. The number of para-hydroxylation sites is 1. The van der Waals surface area contributed by atoms with Gasteiger partial charge in [-0.2, -0.15) is 10.5 Å². The molecule has 0 aliphatic rings. The molecule has 0 spiro atoms. The average Bonchev–Trinajstić information content (AvgIpc) is 2.52. The summed E-state index contributed by atoms with van der Waals surface area (Å²) in [4.78, 5) is 14.2. The lowest BCUT2D eigenvalue weighted by molar-refractivity contribution is 0.0953. The number of nitrogens with zero attached hydrogens (tertiary/aromatic N) is 3. The van der Waals surface area contributed by atoms with Crippen LogP contribution in [0.25, 0.3) is 0 Å². The van der Waals surface area contributed by atoms with Crippen LogP contribution in [0, 0.1) is 22.7 Å². The number of allylic oxidation sites excluding steroid dienone is 1. The highest BCUT2D eigenvalue weighted by Gasteiger charge is 2.09. The maximum atomic E-state index is 12.2. The summed E-state index contributed by atoms with van der Waals surface area (Å²) in [6, 6.07) is 10.5. The number of carbonyl (C=O) groups excluding carboxylic acids is 1. The van der Waals surface area contributed by atoms with Gasteiger partial charge >= 0.3 is 0 Å². The third kappa shape index (κ3) is 5.66. The van der Waals surface area contributed by atoms with Gasteiger partial charge in [0, 0.05) is 12.7 Å². The van der Waals surface area contributed by atoms with Crippen LogP contribution in [-0.4, -0.2) is 38.0 Å². The molecule has 0 saturated carbocycles. The molecule has 1 aromatic carbocycles. The molecule has 0 atom stereocenters. The Morgan fingerprint density at radius 1 is 1.27 bits per heavy atom. The van der Waals surface area contributed by atoms with E-state index >= 15 is 0 Å². The Bertz CT molecular complexity index is 606. The zero-order valence-electron chi connectivity index (χ0n) is 12.8. The maximum absolute atomic E-state index is 12.2. The van der Waals surface area contributed by atoms with E-state index in [1.54, 1.807) is 36.4 Å². The summed E-state index contributed by atoms with van der Waals surface area (Å²) < 4.78 is 0. The van der Waals surface area contributed by atoms with E-state index in [9.17, 15) is 4.79 Å². The van der Waals surface area contributed by atoms with Gasteiger partial charge in [-0.1, -0.05) is 12.1 Å². The number of rotatable bonds is 7. The fourth-order valence-electron chi connectivity index (χ4n) is 1.74. The Labute approximate surface area is 130 Å². The van der Waals surface area contributed by atoms with Crippen LogP contribution in [0.15, 0.2) is 36.0 Å². The Morgan fingerprint density at radius 2 is 1.95 bits per heavy atom. The monoisotopic (exact) mass is 297 g/mol. The summed E-state index contributed by atoms with van der Waals surface area (Å²) in [7, 11) is 3.96. The van der Waals surface area contributed by atoms with Crippen molar-refractivity contribution in [2.24, 2.45) is 0 Å². The van der Waals surface area contributed by atoms with E-state index in [0.29, 0.717) is 17.8 Å². The molecule has 6 nitrogen and oxygen atoms in total. The van der Waals surface area contributed by atoms with Crippen LogP contribution in [0.4, 0.5) is 5.69 Å². The predicted molar refractivity (Wildman–Crippen MR) is 84.9 cm³/mol. The minimum atomic E-state index is -0.189. The van der Waals surface area contributed by atoms with E-state index in [2.05, 4.69) is 15.5 Å². The standard InChI is InChI=1S/C16H19N5O/c1-21(2)9-5-8-19-16(22)14-6-3-4-7-15(14)20-12-13(10-17)11-18/h3-4,6-7,12,20H,5,8-9H2,1-2H3,(H,19,22). The molecule has 1 amide bonds. The molecule has 22 heavy (non-hydrogen) atoms. The molecule has 0 heterocycles. The molecule has 1 aromatic rings. The van der Waals surface area contributed by atoms with Crippen molar-refractivity contribution < 1.29 is 4.79 Å². The first kappa shape index (κ1) is 17.2. The van der Waals surface area contributed by atoms with Crippen molar-refractivity contribution in [1.29, 1.82) is 10.5 Å². The number of nitriles is 2. The van der Waals surface area contributed by atoms with Gasteiger partial charge in [-0.25, -0.2) is 0 Å². The fraction of sp³-hybridized carbons (Fsp3) is 0.312. The van der Waals surface area contributed by atoms with Gasteiger partial charge in [0.1, 0.15) is 17.7 Å². The molecule has 0 aromatic heterocycles. The molecule has 0 bridgehead atoms. The maximum Gasteiger partial charge on any atom is 0.253 e. The summed E-state index contributed by atoms with van der Waals surface area (Å²) in [5.74, 6) is -0.189. The topological polar surface area (TPSA) is 91.9 Å². The van der Waals surface area contributed by atoms with Crippen LogP contribution in [0.2, 0.25) is 0 Å². The first-order valence-corrected chi connectivity index (χ1v) is 6.87. The largest absolute Gasteiger partial charge is 0.359 e. The average molecular weight is 297 g/mol. The third-order valence-corrected chi connectivity index (χ3v) is 2.85. The zero-order valence-corrected chi connectivity index (χ0v) is 12.8. The molecule has 1 rings (SSSR count). The second kappa shape index (κ2) is 9.17. The fourth-order valence-corrected chi connectivity index (χ4v) is 1.74. The minimum absolute atomic E-state index is 0.0544. The highest BCUT2D eigenvalue weighted by atomic mass is 16.1. The van der Waals surface area contributed by atoms with Crippen molar-refractivity contribution in [2.75, 3.05) is 32.5 Å². The van der Waals surface area contributed by atoms with Gasteiger partial charge in [0.05, 0.1) is 11.3 Å². The molecule has 114 valence electrons. The lowest BCUT2D eigenvalue weighted by atomic mass is 10.1. The molecule has 0 saturated heterocycles. The van der Waals surface area contributed by atoms with E-state index in [1.165, 1.54) is 6.20 Å². The van der Waals surface area contributed by atoms with E-state index in [0.717, 1.165) is 13.0 Å². The van der Waals surface area contributed by atoms with Gasteiger partial charge < -0.3 is 15.5 Å². The van der Waals surface area contributed by atoms with Gasteiger partial charge in [0.25, 0.3) is 5.91 Å². The normalized spacial score (nSPS) is 9.50.